The summed E-state index contributed by atoms with van der Waals surface area (Å²) in [5.41, 5.74) is 0.387. The molecule has 86 valence electrons. The van der Waals surface area contributed by atoms with Gasteiger partial charge in [0.15, 0.2) is 12.0 Å². The quantitative estimate of drug-likeness (QED) is 0.814. The fourth-order valence-electron chi connectivity index (χ4n) is 1.09. The summed E-state index contributed by atoms with van der Waals surface area (Å²) in [6, 6.07) is 5.33. The molecule has 0 aliphatic rings. The Labute approximate surface area is 111 Å². The normalized spacial score (nSPS) is 10.0. The summed E-state index contributed by atoms with van der Waals surface area (Å²) < 4.78 is 6.22. The van der Waals surface area contributed by atoms with Crippen molar-refractivity contribution >= 4 is 33.8 Å². The van der Waals surface area contributed by atoms with E-state index in [1.807, 2.05) is 0 Å². The first-order valence-electron chi connectivity index (χ1n) is 4.59. The van der Waals surface area contributed by atoms with Gasteiger partial charge in [0, 0.05) is 16.9 Å². The smallest absolute Gasteiger partial charge is 0.321 e. The van der Waals surface area contributed by atoms with Gasteiger partial charge in [-0.15, -0.1) is 0 Å². The number of carbonyl (C=O) groups is 1. The summed E-state index contributed by atoms with van der Waals surface area (Å²) in [5.74, 6) is 0.444. The lowest BCUT2D eigenvalue weighted by molar-refractivity contribution is 0.112. The Bertz CT molecular complexity index is 546. The number of hydrogen-bond acceptors (Lipinski definition) is 4. The SMILES string of the molecule is O=Cc1cnc(Oc2cc(Br)ccc2Cl)nc1. The lowest BCUT2D eigenvalue weighted by Gasteiger charge is -2.05. The Hall–Kier alpha value is -1.46. The highest BCUT2D eigenvalue weighted by molar-refractivity contribution is 9.10. The molecule has 4 nitrogen and oxygen atoms in total. The van der Waals surface area contributed by atoms with Crippen LogP contribution in [0.4, 0.5) is 0 Å². The molecule has 0 saturated carbocycles. The Balaban J connectivity index is 2.24. The van der Waals surface area contributed by atoms with Crippen molar-refractivity contribution < 1.29 is 9.53 Å². The van der Waals surface area contributed by atoms with E-state index in [1.54, 1.807) is 18.2 Å². The Morgan fingerprint density at radius 3 is 2.65 bits per heavy atom. The van der Waals surface area contributed by atoms with E-state index in [-0.39, 0.29) is 6.01 Å². The number of hydrogen-bond donors (Lipinski definition) is 0. The van der Waals surface area contributed by atoms with Gasteiger partial charge in [0.25, 0.3) is 0 Å². The van der Waals surface area contributed by atoms with E-state index in [2.05, 4.69) is 25.9 Å². The maximum atomic E-state index is 10.4. The molecule has 0 aliphatic heterocycles. The molecule has 1 aromatic carbocycles. The molecule has 1 heterocycles. The first-order chi connectivity index (χ1) is 8.19. The lowest BCUT2D eigenvalue weighted by atomic mass is 10.3. The van der Waals surface area contributed by atoms with Gasteiger partial charge in [0.1, 0.15) is 0 Å². The minimum atomic E-state index is 0.135. The molecule has 0 atom stereocenters. The molecule has 1 aromatic heterocycles. The van der Waals surface area contributed by atoms with E-state index >= 15 is 0 Å². The number of nitrogens with zero attached hydrogens (tertiary/aromatic N) is 2. The standard InChI is InChI=1S/C11H6BrClN2O2/c12-8-1-2-9(13)10(3-8)17-11-14-4-7(6-16)5-15-11/h1-6H. The zero-order valence-corrected chi connectivity index (χ0v) is 10.8. The van der Waals surface area contributed by atoms with Crippen molar-refractivity contribution in [3.8, 4) is 11.8 Å². The van der Waals surface area contributed by atoms with Crippen LogP contribution in [-0.2, 0) is 0 Å². The van der Waals surface area contributed by atoms with E-state index in [0.29, 0.717) is 22.6 Å². The Morgan fingerprint density at radius 2 is 2.00 bits per heavy atom. The van der Waals surface area contributed by atoms with E-state index in [9.17, 15) is 4.79 Å². The largest absolute Gasteiger partial charge is 0.423 e. The summed E-state index contributed by atoms with van der Waals surface area (Å²) in [6.07, 6.45) is 3.41. The molecular formula is C11H6BrClN2O2. The highest BCUT2D eigenvalue weighted by Crippen LogP contribution is 2.30. The molecule has 0 amide bonds. The Morgan fingerprint density at radius 1 is 1.29 bits per heavy atom. The van der Waals surface area contributed by atoms with Gasteiger partial charge >= 0.3 is 6.01 Å². The van der Waals surface area contributed by atoms with Crippen LogP contribution >= 0.6 is 27.5 Å². The molecular weight excluding hydrogens is 307 g/mol. The molecule has 6 heteroatoms. The van der Waals surface area contributed by atoms with E-state index in [1.165, 1.54) is 12.4 Å². The predicted molar refractivity (Wildman–Crippen MR) is 66.6 cm³/mol. The van der Waals surface area contributed by atoms with Gasteiger partial charge in [-0.3, -0.25) is 4.79 Å². The van der Waals surface area contributed by atoms with Crippen LogP contribution in [0, 0.1) is 0 Å². The number of aromatic nitrogens is 2. The molecule has 0 fully saturated rings. The van der Waals surface area contributed by atoms with Crippen LogP contribution in [0.15, 0.2) is 35.1 Å². The fourth-order valence-corrected chi connectivity index (χ4v) is 1.59. The van der Waals surface area contributed by atoms with Crippen molar-refractivity contribution in [2.45, 2.75) is 0 Å². The summed E-state index contributed by atoms with van der Waals surface area (Å²) in [5, 5.41) is 0.455. The van der Waals surface area contributed by atoms with E-state index in [0.717, 1.165) is 4.47 Å². The summed E-state index contributed by atoms with van der Waals surface area (Å²) in [7, 11) is 0. The van der Waals surface area contributed by atoms with Gasteiger partial charge in [-0.2, -0.15) is 0 Å². The van der Waals surface area contributed by atoms with Gasteiger partial charge in [0.05, 0.1) is 10.6 Å². The van der Waals surface area contributed by atoms with E-state index < -0.39 is 0 Å². The molecule has 0 spiro atoms. The van der Waals surface area contributed by atoms with Crippen LogP contribution in [-0.4, -0.2) is 16.3 Å². The van der Waals surface area contributed by atoms with E-state index in [4.69, 9.17) is 16.3 Å². The molecule has 2 rings (SSSR count). The first-order valence-corrected chi connectivity index (χ1v) is 5.76. The molecule has 0 aliphatic carbocycles. The second-order valence-corrected chi connectivity index (χ2v) is 4.42. The van der Waals surface area contributed by atoms with Crippen molar-refractivity contribution in [3.05, 3.63) is 45.7 Å². The number of carbonyl (C=O) groups excluding carboxylic acids is 1. The van der Waals surface area contributed by atoms with Crippen molar-refractivity contribution in [1.82, 2.24) is 9.97 Å². The molecule has 0 bridgehead atoms. The second-order valence-electron chi connectivity index (χ2n) is 3.09. The highest BCUT2D eigenvalue weighted by Gasteiger charge is 2.05. The number of ether oxygens (including phenoxy) is 1. The topological polar surface area (TPSA) is 52.1 Å². The van der Waals surface area contributed by atoms with Crippen molar-refractivity contribution in [2.75, 3.05) is 0 Å². The average Bonchev–Trinajstić information content (AvgIpc) is 2.35. The summed E-state index contributed by atoms with van der Waals surface area (Å²) >= 11 is 9.25. The van der Waals surface area contributed by atoms with Gasteiger partial charge in [-0.1, -0.05) is 27.5 Å². The van der Waals surface area contributed by atoms with Gasteiger partial charge in [-0.05, 0) is 18.2 Å². The Kier molecular flexibility index (Phi) is 3.71. The van der Waals surface area contributed by atoms with Crippen molar-refractivity contribution in [2.24, 2.45) is 0 Å². The van der Waals surface area contributed by atoms with Gasteiger partial charge < -0.3 is 4.74 Å². The van der Waals surface area contributed by atoms with Crippen molar-refractivity contribution in [1.29, 1.82) is 0 Å². The van der Waals surface area contributed by atoms with Crippen LogP contribution in [0.25, 0.3) is 0 Å². The number of aldehydes is 1. The summed E-state index contributed by atoms with van der Waals surface area (Å²) in [4.78, 5) is 18.2. The van der Waals surface area contributed by atoms with Crippen LogP contribution in [0.5, 0.6) is 11.8 Å². The van der Waals surface area contributed by atoms with Gasteiger partial charge in [-0.25, -0.2) is 9.97 Å². The summed E-state index contributed by atoms with van der Waals surface area (Å²) in [6.45, 7) is 0. The third-order valence-electron chi connectivity index (χ3n) is 1.88. The number of benzene rings is 1. The third kappa shape index (κ3) is 3.01. The van der Waals surface area contributed by atoms with Crippen LogP contribution < -0.4 is 4.74 Å². The molecule has 2 aromatic rings. The molecule has 0 radical (unpaired) electrons. The van der Waals surface area contributed by atoms with Crippen LogP contribution in [0.2, 0.25) is 5.02 Å². The maximum Gasteiger partial charge on any atom is 0.321 e. The van der Waals surface area contributed by atoms with Crippen LogP contribution in [0.3, 0.4) is 0 Å². The molecule has 17 heavy (non-hydrogen) atoms. The minimum Gasteiger partial charge on any atom is -0.423 e. The minimum absolute atomic E-state index is 0.135. The number of rotatable bonds is 3. The zero-order chi connectivity index (χ0) is 12.3. The first kappa shape index (κ1) is 12.0. The zero-order valence-electron chi connectivity index (χ0n) is 8.43. The van der Waals surface area contributed by atoms with Gasteiger partial charge in [0.2, 0.25) is 0 Å². The van der Waals surface area contributed by atoms with Crippen molar-refractivity contribution in [3.63, 3.8) is 0 Å². The fraction of sp³-hybridized carbons (Fsp3) is 0. The molecule has 0 N–H and O–H groups in total. The maximum absolute atomic E-state index is 10.4. The third-order valence-corrected chi connectivity index (χ3v) is 2.68. The van der Waals surface area contributed by atoms with Crippen LogP contribution in [0.1, 0.15) is 10.4 Å². The number of halogens is 2. The second kappa shape index (κ2) is 5.25. The molecule has 0 unspecified atom stereocenters. The monoisotopic (exact) mass is 312 g/mol. The highest BCUT2D eigenvalue weighted by atomic mass is 79.9. The average molecular weight is 314 g/mol. The molecule has 0 saturated heterocycles. The predicted octanol–water partition coefficient (Wildman–Crippen LogP) is 3.50. The lowest BCUT2D eigenvalue weighted by Crippen LogP contribution is -1.93.